The van der Waals surface area contributed by atoms with Gasteiger partial charge in [-0.25, -0.2) is 13.2 Å². The van der Waals surface area contributed by atoms with Gasteiger partial charge in [-0.3, -0.25) is 76.7 Å². The lowest BCUT2D eigenvalue weighted by Gasteiger charge is -2.38. The van der Waals surface area contributed by atoms with E-state index in [1.165, 1.54) is 62.6 Å². The normalized spacial score (nSPS) is 23.7. The minimum atomic E-state index is -1.96. The highest BCUT2D eigenvalue weighted by Crippen LogP contribution is 2.28. The standard InChI is InChI=1S/C90H115F3N18O20S/c1-7-8-19-69-89(129)110-33-14-20-68(110)83(123)104-65(43-75(116)117)82(122)106-77(49(2)3)90(130)108(5)70(40-50-15-10-9-11-16-50)84(124)101-62(30-32-95)87(127)111-34-35-131-46-72(111)85(125)103-64(42-54-44-97-60-18-13-12-17-57(54)60)81(121)102-63(38-51-21-25-55(112)26-22-51)80(120)100-61(29-31-94)79(119)105-67(78(118)98-45-73(96)114)47-132-48-74(115)99-66(39-53-36-58(91)76(93)59(92)37-53)86(126)109(6)71(88(128)107(69)4)41-52-23-27-56(113)28-24-52/h9-13,15-18,21-28,36-37,44,49,61-72,77,97,112-113H,7-8,14,19-20,29-35,38-43,45-48,94-95H2,1-6H3,(H2,96,114)(H,98,118)(H,99,115)(H,100,120)(H,101,124)(H,102,121)(H,103,125)(H,104,123)(H,105,119)(H,106,122)(H,116,117)/t61-,62-,63-,64-,65-,66-,67-,68+,69-,70-,71-,72+,77-/m0/s1. The molecule has 0 bridgehead atoms. The predicted octanol–water partition coefficient (Wildman–Crippen LogP) is -0.546. The summed E-state index contributed by atoms with van der Waals surface area (Å²) in [6, 6.07) is 5.83. The molecule has 0 aliphatic carbocycles. The number of carboxylic acids is 1. The van der Waals surface area contributed by atoms with Crippen LogP contribution in [0, 0.1) is 23.4 Å². The van der Waals surface area contributed by atoms with Crippen molar-refractivity contribution in [2.75, 3.05) is 78.6 Å². The van der Waals surface area contributed by atoms with E-state index in [4.69, 9.17) is 21.9 Å². The summed E-state index contributed by atoms with van der Waals surface area (Å²) in [7, 11) is 3.66. The Balaban J connectivity index is 1.13. The SMILES string of the molecule is CCCC[C@H]1C(=O)N2CCC[C@@H]2C(=O)N[C@@H](CC(=O)O)C(=O)N[C@@H](C(C)C)C(=O)N(C)[C@@H](Cc2ccccc2)C(=O)N[C@@H](CCN)C(=O)N2CCOC[C@@H]2C(=O)N[C@@H](Cc2c[nH]c3ccccc23)C(=O)N[C@@H](Cc2ccc(O)cc2)C(=O)N[C@@H](CCN)C(=O)N[C@H](C(=O)NCC(N)=O)CSCC(=O)N[C@@H](Cc2cc(F)c(F)c(F)c2)C(=O)N(C)[C@@H](Cc2ccc(O)cc2)C(=O)N1C. The van der Waals surface area contributed by atoms with Gasteiger partial charge in [-0.2, -0.15) is 0 Å². The molecule has 132 heavy (non-hydrogen) atoms. The number of aromatic hydroxyl groups is 2. The number of aromatic nitrogens is 1. The molecule has 3 aliphatic heterocycles. The number of nitrogens with one attached hydrogen (secondary N) is 10. The van der Waals surface area contributed by atoms with Crippen LogP contribution in [0.1, 0.15) is 100.0 Å². The molecule has 1 aromatic heterocycles. The maximum atomic E-state index is 15.7. The number of ether oxygens (including phenoxy) is 1. The first-order valence-corrected chi connectivity index (χ1v) is 44.5. The second-order valence-corrected chi connectivity index (χ2v) is 34.1. The molecule has 6 aromatic rings. The summed E-state index contributed by atoms with van der Waals surface area (Å²) in [6.07, 6.45) is -1.55. The van der Waals surface area contributed by atoms with E-state index in [-0.39, 0.29) is 102 Å². The molecule has 0 radical (unpaired) electrons. The van der Waals surface area contributed by atoms with Gasteiger partial charge in [0.2, 0.25) is 88.6 Å². The summed E-state index contributed by atoms with van der Waals surface area (Å²) >= 11 is 0.631. The third-order valence-corrected chi connectivity index (χ3v) is 24.2. The molecule has 9 rings (SSSR count). The third-order valence-electron chi connectivity index (χ3n) is 23.2. The van der Waals surface area contributed by atoms with Gasteiger partial charge in [0.15, 0.2) is 17.5 Å². The molecule has 3 aliphatic rings. The zero-order chi connectivity index (χ0) is 96.3. The summed E-state index contributed by atoms with van der Waals surface area (Å²) in [5, 5.41) is 54.9. The van der Waals surface area contributed by atoms with Crippen LogP contribution in [0.3, 0.4) is 0 Å². The quantitative estimate of drug-likeness (QED) is 0.0358. The number of likely N-dealkylation sites (N-methyl/N-ethyl adjacent to an activating group) is 3. The summed E-state index contributed by atoms with van der Waals surface area (Å²) in [4.78, 5) is 245. The smallest absolute Gasteiger partial charge is 0.305 e. The van der Waals surface area contributed by atoms with Gasteiger partial charge in [0.25, 0.3) is 0 Å². The summed E-state index contributed by atoms with van der Waals surface area (Å²) in [6.45, 7) is 2.48. The first-order chi connectivity index (χ1) is 62.9. The first-order valence-electron chi connectivity index (χ1n) is 43.3. The monoisotopic (exact) mass is 1860 g/mol. The highest BCUT2D eigenvalue weighted by atomic mass is 32.2. The molecular weight excluding hydrogens is 1740 g/mol. The number of morpholine rings is 1. The number of aromatic amines is 1. The van der Waals surface area contributed by atoms with E-state index < -0.39 is 246 Å². The number of unbranched alkanes of at least 4 members (excludes halogenated alkanes) is 1. The fourth-order valence-corrected chi connectivity index (χ4v) is 16.8. The lowest BCUT2D eigenvalue weighted by molar-refractivity contribution is -0.152. The molecular formula is C90H115F3N18O20S. The lowest BCUT2D eigenvalue weighted by Crippen LogP contribution is -2.64. The van der Waals surface area contributed by atoms with Crippen molar-refractivity contribution in [1.82, 2.24) is 77.3 Å². The van der Waals surface area contributed by atoms with Gasteiger partial charge >= 0.3 is 5.97 Å². The number of benzene rings is 5. The van der Waals surface area contributed by atoms with Gasteiger partial charge in [-0.1, -0.05) is 106 Å². The molecule has 19 N–H and O–H groups in total. The molecule has 3 saturated heterocycles. The van der Waals surface area contributed by atoms with Gasteiger partial charge < -0.3 is 115 Å². The minimum Gasteiger partial charge on any atom is -0.508 e. The van der Waals surface area contributed by atoms with Crippen molar-refractivity contribution >= 4 is 117 Å². The van der Waals surface area contributed by atoms with Gasteiger partial charge in [0, 0.05) is 89.2 Å². The number of halogens is 3. The van der Waals surface area contributed by atoms with Crippen molar-refractivity contribution < 1.29 is 110 Å². The molecule has 5 aromatic carbocycles. The number of phenols is 2. The average molecular weight is 1860 g/mol. The Morgan fingerprint density at radius 3 is 1.70 bits per heavy atom. The Kier molecular flexibility index (Phi) is 37.8. The summed E-state index contributed by atoms with van der Waals surface area (Å²) in [5.41, 5.74) is 19.5. The number of carbonyl (C=O) groups is 16. The van der Waals surface area contributed by atoms with Crippen LogP contribution in [0.15, 0.2) is 121 Å². The maximum Gasteiger partial charge on any atom is 0.305 e. The molecule has 0 spiro atoms. The van der Waals surface area contributed by atoms with E-state index in [2.05, 4.69) is 52.8 Å². The number of nitrogens with two attached hydrogens (primary N) is 3. The van der Waals surface area contributed by atoms with Crippen molar-refractivity contribution in [3.63, 3.8) is 0 Å². The number of nitrogens with zero attached hydrogens (tertiary/aromatic N) is 5. The molecule has 38 nitrogen and oxygen atoms in total. The molecule has 15 amide bonds. The van der Waals surface area contributed by atoms with Crippen LogP contribution in [0.25, 0.3) is 10.9 Å². The van der Waals surface area contributed by atoms with Crippen LogP contribution < -0.4 is 65.1 Å². The fraction of sp³-hybridized carbons (Fsp3) is 0.467. The number of rotatable bonds is 23. The van der Waals surface area contributed by atoms with Crippen molar-refractivity contribution in [3.8, 4) is 11.5 Å². The molecule has 0 saturated carbocycles. The lowest BCUT2D eigenvalue weighted by atomic mass is 9.98. The van der Waals surface area contributed by atoms with Gasteiger partial charge in [-0.05, 0) is 121 Å². The highest BCUT2D eigenvalue weighted by molar-refractivity contribution is 8.00. The molecule has 4 heterocycles. The van der Waals surface area contributed by atoms with E-state index in [0.717, 1.165) is 31.5 Å². The van der Waals surface area contributed by atoms with Gasteiger partial charge in [-0.15, -0.1) is 11.8 Å². The number of H-pyrrole nitrogens is 1. The number of fused-ring (bicyclic) bond motifs is 3. The number of primary amides is 1. The number of para-hydroxylation sites is 1. The predicted molar refractivity (Wildman–Crippen MR) is 475 cm³/mol. The van der Waals surface area contributed by atoms with E-state index in [0.29, 0.717) is 63.5 Å². The Morgan fingerprint density at radius 2 is 1.07 bits per heavy atom. The number of thioether (sulfide) groups is 1. The van der Waals surface area contributed by atoms with E-state index in [1.54, 1.807) is 81.6 Å². The second kappa shape index (κ2) is 48.6. The van der Waals surface area contributed by atoms with Gasteiger partial charge in [0.05, 0.1) is 31.9 Å². The van der Waals surface area contributed by atoms with E-state index in [9.17, 15) is 53.3 Å². The summed E-state index contributed by atoms with van der Waals surface area (Å²) < 4.78 is 50.9. The molecule has 712 valence electrons. The Hall–Kier alpha value is -13.2. The number of amides is 15. The molecule has 13 atom stereocenters. The number of carbonyl (C=O) groups excluding carboxylic acids is 15. The van der Waals surface area contributed by atoms with Crippen LogP contribution >= 0.6 is 11.8 Å². The number of carboxylic acid groups (broad SMARTS) is 1. The number of phenolic OH excluding ortho intramolecular Hbond substituents is 2. The molecule has 3 fully saturated rings. The van der Waals surface area contributed by atoms with E-state index >= 15 is 51.9 Å². The van der Waals surface area contributed by atoms with Crippen LogP contribution in [0.4, 0.5) is 13.2 Å². The summed E-state index contributed by atoms with van der Waals surface area (Å²) in [5.74, 6) is -24.5. The zero-order valence-corrected chi connectivity index (χ0v) is 74.8. The Bertz CT molecular complexity index is 5110. The molecule has 42 heteroatoms. The van der Waals surface area contributed by atoms with Crippen LogP contribution in [0.5, 0.6) is 11.5 Å². The largest absolute Gasteiger partial charge is 0.508 e. The number of aliphatic carboxylic acids is 1. The number of hydrogen-bond acceptors (Lipinski definition) is 22. The first kappa shape index (κ1) is 103. The minimum absolute atomic E-state index is 0.0622. The van der Waals surface area contributed by atoms with Crippen molar-refractivity contribution in [1.29, 1.82) is 0 Å². The van der Waals surface area contributed by atoms with Crippen molar-refractivity contribution in [2.24, 2.45) is 23.1 Å². The highest BCUT2D eigenvalue weighted by Gasteiger charge is 2.46. The average Bonchev–Trinajstić information content (AvgIpc) is 1.80. The Labute approximate surface area is 763 Å². The van der Waals surface area contributed by atoms with Crippen molar-refractivity contribution in [3.05, 3.63) is 167 Å². The third kappa shape index (κ3) is 27.9. The second-order valence-electron chi connectivity index (χ2n) is 33.1. The Morgan fingerprint density at radius 1 is 0.538 bits per heavy atom. The maximum absolute atomic E-state index is 15.7. The van der Waals surface area contributed by atoms with Gasteiger partial charge in [0.1, 0.15) is 90.0 Å². The van der Waals surface area contributed by atoms with Crippen LogP contribution in [0.2, 0.25) is 0 Å². The topological polar surface area (TPSA) is 561 Å². The van der Waals surface area contributed by atoms with Crippen LogP contribution in [-0.4, -0.2) is 297 Å². The van der Waals surface area contributed by atoms with E-state index in [1.807, 2.05) is 0 Å². The molecule has 0 unspecified atom stereocenters. The fourth-order valence-electron chi connectivity index (χ4n) is 15.9. The van der Waals surface area contributed by atoms with Crippen molar-refractivity contribution in [2.45, 2.75) is 183 Å². The number of hydrogen-bond donors (Lipinski definition) is 16. The zero-order valence-electron chi connectivity index (χ0n) is 74.0. The van der Waals surface area contributed by atoms with Crippen LogP contribution in [-0.2, 0) is 114 Å².